The van der Waals surface area contributed by atoms with Crippen LogP contribution in [0.4, 0.5) is 0 Å². The van der Waals surface area contributed by atoms with Crippen LogP contribution < -0.4 is 10.9 Å². The number of rotatable bonds is 9. The van der Waals surface area contributed by atoms with Crippen molar-refractivity contribution < 1.29 is 14.7 Å². The minimum atomic E-state index is -1.04. The molecule has 0 saturated carbocycles. The van der Waals surface area contributed by atoms with E-state index in [0.717, 1.165) is 27.8 Å². The first kappa shape index (κ1) is 24.9. The Bertz CT molecular complexity index is 1230. The molecule has 2 N–H and O–H groups in total. The summed E-state index contributed by atoms with van der Waals surface area (Å²) in [5.41, 5.74) is 5.21. The number of benzene rings is 1. The van der Waals surface area contributed by atoms with Crippen molar-refractivity contribution in [2.24, 2.45) is 0 Å². The topological polar surface area (TPSA) is 101 Å². The molecule has 1 amide bonds. The van der Waals surface area contributed by atoms with E-state index in [-0.39, 0.29) is 12.0 Å². The minimum absolute atomic E-state index is 0.262. The molecule has 0 aliphatic carbocycles. The van der Waals surface area contributed by atoms with Crippen LogP contribution in [-0.2, 0) is 9.59 Å². The highest BCUT2D eigenvalue weighted by atomic mass is 16.4. The predicted octanol–water partition coefficient (Wildman–Crippen LogP) is 4.51. The van der Waals surface area contributed by atoms with Crippen LogP contribution in [0.15, 0.2) is 59.8 Å². The van der Waals surface area contributed by atoms with E-state index in [0.29, 0.717) is 18.4 Å². The van der Waals surface area contributed by atoms with Crippen LogP contribution in [-0.4, -0.2) is 26.5 Å². The number of carboxylic acid groups (broad SMARTS) is 1. The second-order valence-corrected chi connectivity index (χ2v) is 8.69. The van der Waals surface area contributed by atoms with Gasteiger partial charge in [0.15, 0.2) is 0 Å². The number of aromatic nitrogens is 2. The lowest BCUT2D eigenvalue weighted by molar-refractivity contribution is -0.138. The third-order valence-corrected chi connectivity index (χ3v) is 5.93. The Morgan fingerprint density at radius 2 is 1.79 bits per heavy atom. The fourth-order valence-corrected chi connectivity index (χ4v) is 4.27. The minimum Gasteiger partial charge on any atom is -0.481 e. The largest absolute Gasteiger partial charge is 0.481 e. The Morgan fingerprint density at radius 3 is 2.41 bits per heavy atom. The number of carbonyl (C=O) groups excluding carboxylic acids is 1. The van der Waals surface area contributed by atoms with E-state index < -0.39 is 24.0 Å². The number of hydrogen-bond donors (Lipinski definition) is 2. The number of aryl methyl sites for hydroxylation is 3. The number of pyridine rings is 2. The molecule has 1 aromatic carbocycles. The maximum atomic E-state index is 13.3. The van der Waals surface area contributed by atoms with E-state index in [9.17, 15) is 19.5 Å². The molecule has 7 nitrogen and oxygen atoms in total. The van der Waals surface area contributed by atoms with Crippen molar-refractivity contribution >= 4 is 11.9 Å². The molecule has 2 aromatic heterocycles. The number of nitrogens with one attached hydrogen (secondary N) is 1. The van der Waals surface area contributed by atoms with Crippen LogP contribution in [0.2, 0.25) is 0 Å². The lowest BCUT2D eigenvalue weighted by Crippen LogP contribution is -2.39. The highest BCUT2D eigenvalue weighted by molar-refractivity contribution is 5.81. The quantitative estimate of drug-likeness (QED) is 0.488. The normalized spacial score (nSPS) is 12.7. The third-order valence-electron chi connectivity index (χ3n) is 5.93. The van der Waals surface area contributed by atoms with Gasteiger partial charge in [0.1, 0.15) is 6.04 Å². The molecule has 34 heavy (non-hydrogen) atoms. The summed E-state index contributed by atoms with van der Waals surface area (Å²) in [6.07, 6.45) is 5.78. The van der Waals surface area contributed by atoms with Gasteiger partial charge in [-0.05, 0) is 67.1 Å². The molecular formula is C27H31N3O4. The summed E-state index contributed by atoms with van der Waals surface area (Å²) in [5.74, 6) is -1.43. The SMILES string of the molecule is CCC[C@H](C(=O)N[C@@H](CC(=O)O)c1cncc(-c2c(C)cccc2C)c1)n1ccc(C)cc1=O. The van der Waals surface area contributed by atoms with E-state index in [4.69, 9.17) is 0 Å². The van der Waals surface area contributed by atoms with Crippen molar-refractivity contribution in [3.8, 4) is 11.1 Å². The van der Waals surface area contributed by atoms with Gasteiger partial charge < -0.3 is 15.0 Å². The molecule has 7 heteroatoms. The molecule has 0 fully saturated rings. The van der Waals surface area contributed by atoms with Crippen molar-refractivity contribution in [2.45, 2.75) is 59.0 Å². The highest BCUT2D eigenvalue weighted by Gasteiger charge is 2.26. The molecule has 0 saturated heterocycles. The maximum Gasteiger partial charge on any atom is 0.305 e. The van der Waals surface area contributed by atoms with E-state index in [1.165, 1.54) is 10.6 Å². The molecule has 0 aliphatic rings. The van der Waals surface area contributed by atoms with Crippen molar-refractivity contribution in [1.82, 2.24) is 14.9 Å². The lowest BCUT2D eigenvalue weighted by Gasteiger charge is -2.24. The summed E-state index contributed by atoms with van der Waals surface area (Å²) in [4.78, 5) is 41.9. The molecule has 2 atom stereocenters. The first-order chi connectivity index (χ1) is 16.2. The van der Waals surface area contributed by atoms with E-state index in [1.807, 2.05) is 52.0 Å². The summed E-state index contributed by atoms with van der Waals surface area (Å²) in [7, 11) is 0. The Kier molecular flexibility index (Phi) is 7.99. The van der Waals surface area contributed by atoms with Crippen LogP contribution >= 0.6 is 0 Å². The maximum absolute atomic E-state index is 13.3. The highest BCUT2D eigenvalue weighted by Crippen LogP contribution is 2.29. The number of hydrogen-bond acceptors (Lipinski definition) is 4. The number of amides is 1. The zero-order valence-corrected chi connectivity index (χ0v) is 20.0. The molecule has 0 radical (unpaired) electrons. The van der Waals surface area contributed by atoms with Crippen molar-refractivity contribution in [3.63, 3.8) is 0 Å². The van der Waals surface area contributed by atoms with Gasteiger partial charge >= 0.3 is 5.97 Å². The van der Waals surface area contributed by atoms with E-state index >= 15 is 0 Å². The molecular weight excluding hydrogens is 430 g/mol. The summed E-state index contributed by atoms with van der Waals surface area (Å²) < 4.78 is 1.41. The molecule has 3 aromatic rings. The molecule has 178 valence electrons. The zero-order valence-electron chi connectivity index (χ0n) is 20.0. The smallest absolute Gasteiger partial charge is 0.305 e. The first-order valence-electron chi connectivity index (χ1n) is 11.4. The molecule has 0 bridgehead atoms. The molecule has 0 spiro atoms. The van der Waals surface area contributed by atoms with E-state index in [2.05, 4.69) is 10.3 Å². The lowest BCUT2D eigenvalue weighted by atomic mass is 9.94. The van der Waals surface area contributed by atoms with Gasteiger partial charge in [-0.2, -0.15) is 0 Å². The average molecular weight is 462 g/mol. The standard InChI is InChI=1S/C27H31N3O4/c1-5-7-23(30-11-10-17(2)12-24(30)31)27(34)29-22(14-25(32)33)20-13-21(16-28-15-20)26-18(3)8-6-9-19(26)4/h6,8-13,15-16,22-23H,5,7,14H2,1-4H3,(H,29,34)(H,32,33)/t22-,23+/m0/s1. The molecule has 3 rings (SSSR count). The van der Waals surface area contributed by atoms with Gasteiger partial charge in [-0.3, -0.25) is 19.4 Å². The molecule has 0 aliphatic heterocycles. The van der Waals surface area contributed by atoms with Crippen molar-refractivity contribution in [3.05, 3.63) is 87.6 Å². The second kappa shape index (κ2) is 10.9. The Balaban J connectivity index is 1.96. The van der Waals surface area contributed by atoms with E-state index in [1.54, 1.807) is 24.7 Å². The van der Waals surface area contributed by atoms with Gasteiger partial charge in [0, 0.05) is 30.2 Å². The molecule has 2 heterocycles. The van der Waals surface area contributed by atoms with Crippen LogP contribution in [0.25, 0.3) is 11.1 Å². The Morgan fingerprint density at radius 1 is 1.09 bits per heavy atom. The average Bonchev–Trinajstić information content (AvgIpc) is 2.77. The summed E-state index contributed by atoms with van der Waals surface area (Å²) in [6, 6.07) is 9.64. The van der Waals surface area contributed by atoms with Gasteiger partial charge in [-0.15, -0.1) is 0 Å². The Hall–Kier alpha value is -3.74. The summed E-state index contributed by atoms with van der Waals surface area (Å²) >= 11 is 0. The van der Waals surface area contributed by atoms with Crippen molar-refractivity contribution in [1.29, 1.82) is 0 Å². The second-order valence-electron chi connectivity index (χ2n) is 8.69. The van der Waals surface area contributed by atoms with Crippen LogP contribution in [0, 0.1) is 20.8 Å². The first-order valence-corrected chi connectivity index (χ1v) is 11.4. The third kappa shape index (κ3) is 5.78. The van der Waals surface area contributed by atoms with Crippen LogP contribution in [0.5, 0.6) is 0 Å². The number of carbonyl (C=O) groups is 2. The van der Waals surface area contributed by atoms with Gasteiger partial charge in [-0.25, -0.2) is 0 Å². The zero-order chi connectivity index (χ0) is 24.8. The van der Waals surface area contributed by atoms with Gasteiger partial charge in [0.2, 0.25) is 5.91 Å². The Labute approximate surface area is 199 Å². The van der Waals surface area contributed by atoms with Gasteiger partial charge in [0.25, 0.3) is 5.56 Å². The fourth-order valence-electron chi connectivity index (χ4n) is 4.27. The monoisotopic (exact) mass is 461 g/mol. The van der Waals surface area contributed by atoms with Gasteiger partial charge in [0.05, 0.1) is 12.5 Å². The van der Waals surface area contributed by atoms with Crippen molar-refractivity contribution in [2.75, 3.05) is 0 Å². The van der Waals surface area contributed by atoms with Gasteiger partial charge in [-0.1, -0.05) is 31.5 Å². The predicted molar refractivity (Wildman–Crippen MR) is 132 cm³/mol. The number of nitrogens with zero attached hydrogens (tertiary/aromatic N) is 2. The fraction of sp³-hybridized carbons (Fsp3) is 0.333. The number of aliphatic carboxylic acids is 1. The number of carboxylic acids is 1. The molecule has 0 unspecified atom stereocenters. The van der Waals surface area contributed by atoms with Crippen LogP contribution in [0.3, 0.4) is 0 Å². The van der Waals surface area contributed by atoms with Crippen LogP contribution in [0.1, 0.15) is 60.5 Å². The summed E-state index contributed by atoms with van der Waals surface area (Å²) in [6.45, 7) is 7.78. The summed E-state index contributed by atoms with van der Waals surface area (Å²) in [5, 5.41) is 12.4.